The predicted molar refractivity (Wildman–Crippen MR) is 81.0 cm³/mol. The van der Waals surface area contributed by atoms with Crippen molar-refractivity contribution < 1.29 is 0 Å². The summed E-state index contributed by atoms with van der Waals surface area (Å²) in [5, 5.41) is 11.5. The van der Waals surface area contributed by atoms with Gasteiger partial charge in [-0.1, -0.05) is 19.4 Å². The lowest BCUT2D eigenvalue weighted by Crippen LogP contribution is -2.42. The van der Waals surface area contributed by atoms with E-state index in [4.69, 9.17) is 0 Å². The van der Waals surface area contributed by atoms with Crippen LogP contribution in [0.25, 0.3) is 0 Å². The smallest absolute Gasteiger partial charge is 0.0672 e. The van der Waals surface area contributed by atoms with E-state index in [1.165, 1.54) is 24.1 Å². The number of hydrogen-bond donors (Lipinski definition) is 0. The Kier molecular flexibility index (Phi) is 5.01. The molecule has 0 amide bonds. The summed E-state index contributed by atoms with van der Waals surface area (Å²) in [5.41, 5.74) is 0. The van der Waals surface area contributed by atoms with E-state index in [2.05, 4.69) is 49.4 Å². The molecule has 0 aliphatic heterocycles. The summed E-state index contributed by atoms with van der Waals surface area (Å²) in [7, 11) is 2.19. The van der Waals surface area contributed by atoms with Gasteiger partial charge in [0.25, 0.3) is 0 Å². The fourth-order valence-electron chi connectivity index (χ4n) is 3.22. The molecule has 19 heavy (non-hydrogen) atoms. The van der Waals surface area contributed by atoms with Gasteiger partial charge in [0.1, 0.15) is 0 Å². The molecule has 4 unspecified atom stereocenters. The highest BCUT2D eigenvalue weighted by Gasteiger charge is 2.34. The lowest BCUT2D eigenvalue weighted by atomic mass is 9.77. The van der Waals surface area contributed by atoms with Gasteiger partial charge < -0.3 is 0 Å². The van der Waals surface area contributed by atoms with Gasteiger partial charge in [0.2, 0.25) is 0 Å². The molecular weight excluding hydrogens is 252 g/mol. The van der Waals surface area contributed by atoms with Gasteiger partial charge in [0.15, 0.2) is 0 Å². The van der Waals surface area contributed by atoms with Crippen LogP contribution < -0.4 is 0 Å². The van der Waals surface area contributed by atoms with Crippen LogP contribution in [0.4, 0.5) is 0 Å². The summed E-state index contributed by atoms with van der Waals surface area (Å²) in [6.45, 7) is 4.53. The van der Waals surface area contributed by atoms with E-state index in [0.717, 1.165) is 12.3 Å². The molecule has 0 bridgehead atoms. The van der Waals surface area contributed by atoms with Crippen molar-refractivity contribution in [3.05, 3.63) is 22.4 Å². The zero-order valence-corrected chi connectivity index (χ0v) is 13.0. The van der Waals surface area contributed by atoms with Gasteiger partial charge in [-0.25, -0.2) is 0 Å². The van der Waals surface area contributed by atoms with Crippen molar-refractivity contribution in [1.29, 1.82) is 5.26 Å². The third kappa shape index (κ3) is 3.19. The highest BCUT2D eigenvalue weighted by molar-refractivity contribution is 7.10. The summed E-state index contributed by atoms with van der Waals surface area (Å²) in [5.74, 6) is 1.00. The molecule has 0 spiro atoms. The molecule has 1 aliphatic carbocycles. The molecule has 1 saturated carbocycles. The zero-order chi connectivity index (χ0) is 13.8. The molecule has 1 aromatic rings. The molecule has 1 heterocycles. The molecule has 0 radical (unpaired) electrons. The normalized spacial score (nSPS) is 29.1. The summed E-state index contributed by atoms with van der Waals surface area (Å²) >= 11 is 1.81. The Morgan fingerprint density at radius 3 is 2.89 bits per heavy atom. The maximum absolute atomic E-state index is 9.41. The summed E-state index contributed by atoms with van der Waals surface area (Å²) in [4.78, 5) is 3.83. The molecule has 0 saturated heterocycles. The first-order valence-electron chi connectivity index (χ1n) is 7.32. The fraction of sp³-hybridized carbons (Fsp3) is 0.688. The quantitative estimate of drug-likeness (QED) is 0.812. The Hall–Kier alpha value is -0.850. The molecule has 1 aliphatic rings. The van der Waals surface area contributed by atoms with E-state index < -0.39 is 0 Å². The van der Waals surface area contributed by atoms with E-state index in [0.29, 0.717) is 12.1 Å². The largest absolute Gasteiger partial charge is 0.295 e. The van der Waals surface area contributed by atoms with E-state index in [9.17, 15) is 5.26 Å². The van der Waals surface area contributed by atoms with Gasteiger partial charge in [-0.15, -0.1) is 11.3 Å². The number of nitrogens with zero attached hydrogens (tertiary/aromatic N) is 2. The van der Waals surface area contributed by atoms with Gasteiger partial charge in [-0.3, -0.25) is 4.90 Å². The lowest BCUT2D eigenvalue weighted by Gasteiger charge is -2.40. The van der Waals surface area contributed by atoms with Crippen molar-refractivity contribution in [2.24, 2.45) is 11.8 Å². The van der Waals surface area contributed by atoms with Crippen molar-refractivity contribution in [1.82, 2.24) is 4.90 Å². The van der Waals surface area contributed by atoms with E-state index >= 15 is 0 Å². The average molecular weight is 276 g/mol. The number of hydrogen-bond acceptors (Lipinski definition) is 3. The summed E-state index contributed by atoms with van der Waals surface area (Å²) in [6, 6.07) is 7.69. The second kappa shape index (κ2) is 6.54. The Bertz CT molecular complexity index is 420. The summed E-state index contributed by atoms with van der Waals surface area (Å²) < 4.78 is 0. The standard InChI is InChI=1S/C16H24N2S/c1-4-13-7-8-14(11-17)15(10-13)18(3)12(2)16-6-5-9-19-16/h5-6,9,12-15H,4,7-8,10H2,1-3H3. The number of thiophene rings is 1. The Morgan fingerprint density at radius 2 is 2.32 bits per heavy atom. The minimum atomic E-state index is 0.204. The highest BCUT2D eigenvalue weighted by Crippen LogP contribution is 2.37. The van der Waals surface area contributed by atoms with Crippen LogP contribution in [0.15, 0.2) is 17.5 Å². The molecule has 4 atom stereocenters. The molecule has 0 N–H and O–H groups in total. The number of nitriles is 1. The van der Waals surface area contributed by atoms with Crippen LogP contribution in [0.2, 0.25) is 0 Å². The van der Waals surface area contributed by atoms with Gasteiger partial charge in [-0.2, -0.15) is 5.26 Å². The second-order valence-corrected chi connectivity index (χ2v) is 6.73. The summed E-state index contributed by atoms with van der Waals surface area (Å²) in [6.07, 6.45) is 4.73. The Balaban J connectivity index is 2.10. The third-order valence-corrected chi connectivity index (χ3v) is 5.80. The van der Waals surface area contributed by atoms with Crippen LogP contribution in [0.5, 0.6) is 0 Å². The SMILES string of the molecule is CCC1CCC(C#N)C(N(C)C(C)c2cccs2)C1. The molecule has 1 aromatic heterocycles. The molecule has 2 rings (SSSR count). The monoisotopic (exact) mass is 276 g/mol. The van der Waals surface area contributed by atoms with Crippen molar-refractivity contribution in [2.45, 2.75) is 51.6 Å². The van der Waals surface area contributed by atoms with Gasteiger partial charge >= 0.3 is 0 Å². The van der Waals surface area contributed by atoms with Crippen molar-refractivity contribution in [3.63, 3.8) is 0 Å². The fourth-order valence-corrected chi connectivity index (χ4v) is 4.05. The first-order chi connectivity index (χ1) is 9.17. The van der Waals surface area contributed by atoms with E-state index in [1.807, 2.05) is 11.3 Å². The van der Waals surface area contributed by atoms with Crippen molar-refractivity contribution in [2.75, 3.05) is 7.05 Å². The molecule has 104 valence electrons. The third-order valence-electron chi connectivity index (χ3n) is 4.76. The zero-order valence-electron chi connectivity index (χ0n) is 12.2. The Morgan fingerprint density at radius 1 is 1.53 bits per heavy atom. The van der Waals surface area contributed by atoms with Crippen LogP contribution in [0, 0.1) is 23.2 Å². The van der Waals surface area contributed by atoms with Crippen LogP contribution >= 0.6 is 11.3 Å². The lowest BCUT2D eigenvalue weighted by molar-refractivity contribution is 0.0933. The van der Waals surface area contributed by atoms with Gasteiger partial charge in [-0.05, 0) is 50.6 Å². The first-order valence-corrected chi connectivity index (χ1v) is 8.20. The molecule has 3 heteroatoms. The average Bonchev–Trinajstić information content (AvgIpc) is 2.99. The van der Waals surface area contributed by atoms with Crippen molar-refractivity contribution >= 4 is 11.3 Å². The molecule has 2 nitrogen and oxygen atoms in total. The van der Waals surface area contributed by atoms with Gasteiger partial charge in [0, 0.05) is 17.0 Å². The van der Waals surface area contributed by atoms with Crippen LogP contribution in [0.1, 0.15) is 50.4 Å². The second-order valence-electron chi connectivity index (χ2n) is 5.75. The van der Waals surface area contributed by atoms with Gasteiger partial charge in [0.05, 0.1) is 12.0 Å². The maximum Gasteiger partial charge on any atom is 0.0672 e. The van der Waals surface area contributed by atoms with Crippen LogP contribution in [0.3, 0.4) is 0 Å². The van der Waals surface area contributed by atoms with Crippen LogP contribution in [-0.4, -0.2) is 18.0 Å². The Labute approximate surface area is 121 Å². The first kappa shape index (κ1) is 14.6. The predicted octanol–water partition coefficient (Wildman–Crippen LogP) is 4.46. The minimum Gasteiger partial charge on any atom is -0.295 e. The molecular formula is C16H24N2S. The highest BCUT2D eigenvalue weighted by atomic mass is 32.1. The van der Waals surface area contributed by atoms with Crippen molar-refractivity contribution in [3.8, 4) is 6.07 Å². The van der Waals surface area contributed by atoms with Crippen LogP contribution in [-0.2, 0) is 0 Å². The molecule has 0 aromatic carbocycles. The van der Waals surface area contributed by atoms with E-state index in [1.54, 1.807) is 0 Å². The topological polar surface area (TPSA) is 27.0 Å². The maximum atomic E-state index is 9.41. The molecule has 1 fully saturated rings. The van der Waals surface area contributed by atoms with E-state index in [-0.39, 0.29) is 5.92 Å². The minimum absolute atomic E-state index is 0.204. The number of rotatable bonds is 4.